The van der Waals surface area contributed by atoms with E-state index in [1.807, 2.05) is 6.92 Å². The number of nitrogens with one attached hydrogen (secondary N) is 2. The number of hydrogen-bond acceptors (Lipinski definition) is 2. The van der Waals surface area contributed by atoms with Crippen molar-refractivity contribution in [2.45, 2.75) is 13.0 Å². The Bertz CT molecular complexity index is 97.8. The maximum atomic E-state index is 5.46. The third kappa shape index (κ3) is 4.44. The van der Waals surface area contributed by atoms with Gasteiger partial charge in [0.1, 0.15) is 0 Å². The minimum atomic E-state index is 0.162. The minimum Gasteiger partial charge on any atom is -0.358 e. The van der Waals surface area contributed by atoms with Gasteiger partial charge in [-0.25, -0.2) is 5.84 Å². The standard InChI is InChI=1S/C4H10ClN3S/c1-3(2-5)7-4(9)8-6/h3H,2,6H2,1H3,(H2,7,8,9). The molecule has 3 nitrogen and oxygen atoms in total. The van der Waals surface area contributed by atoms with Gasteiger partial charge in [-0.2, -0.15) is 0 Å². The van der Waals surface area contributed by atoms with E-state index in [1.165, 1.54) is 0 Å². The number of alkyl halides is 1. The molecule has 5 heteroatoms. The molecule has 0 radical (unpaired) electrons. The Morgan fingerprint density at radius 2 is 2.44 bits per heavy atom. The molecule has 0 fully saturated rings. The number of thiocarbonyl (C=S) groups is 1. The first-order valence-electron chi connectivity index (χ1n) is 2.53. The second-order valence-corrected chi connectivity index (χ2v) is 2.39. The molecule has 9 heavy (non-hydrogen) atoms. The molecule has 0 aliphatic carbocycles. The van der Waals surface area contributed by atoms with Gasteiger partial charge in [-0.05, 0) is 19.1 Å². The van der Waals surface area contributed by atoms with Crippen LogP contribution >= 0.6 is 23.8 Å². The van der Waals surface area contributed by atoms with Crippen LogP contribution in [0.4, 0.5) is 0 Å². The highest BCUT2D eigenvalue weighted by molar-refractivity contribution is 7.80. The van der Waals surface area contributed by atoms with E-state index in [1.54, 1.807) is 0 Å². The molecule has 0 bridgehead atoms. The van der Waals surface area contributed by atoms with Crippen molar-refractivity contribution in [2.75, 3.05) is 5.88 Å². The van der Waals surface area contributed by atoms with Gasteiger partial charge >= 0.3 is 0 Å². The molecule has 0 heterocycles. The molecule has 0 aliphatic heterocycles. The van der Waals surface area contributed by atoms with Gasteiger partial charge in [-0.1, -0.05) is 0 Å². The molecule has 1 atom stereocenters. The van der Waals surface area contributed by atoms with Crippen LogP contribution in [0.5, 0.6) is 0 Å². The Kier molecular flexibility index (Phi) is 4.75. The van der Waals surface area contributed by atoms with E-state index < -0.39 is 0 Å². The highest BCUT2D eigenvalue weighted by Crippen LogP contribution is 1.83. The topological polar surface area (TPSA) is 50.1 Å². The van der Waals surface area contributed by atoms with Crippen molar-refractivity contribution in [3.63, 3.8) is 0 Å². The van der Waals surface area contributed by atoms with Crippen LogP contribution in [0.15, 0.2) is 0 Å². The van der Waals surface area contributed by atoms with Crippen LogP contribution in [0.2, 0.25) is 0 Å². The van der Waals surface area contributed by atoms with E-state index in [0.717, 1.165) is 0 Å². The minimum absolute atomic E-state index is 0.162. The number of halogens is 1. The van der Waals surface area contributed by atoms with E-state index in [0.29, 0.717) is 11.0 Å². The summed E-state index contributed by atoms with van der Waals surface area (Å²) >= 11 is 10.2. The first-order valence-corrected chi connectivity index (χ1v) is 3.48. The van der Waals surface area contributed by atoms with Crippen LogP contribution in [-0.4, -0.2) is 17.0 Å². The summed E-state index contributed by atoms with van der Waals surface area (Å²) in [4.78, 5) is 0. The normalized spacial score (nSPS) is 12.3. The van der Waals surface area contributed by atoms with Crippen molar-refractivity contribution in [1.82, 2.24) is 10.7 Å². The molecule has 0 saturated heterocycles. The average molecular weight is 168 g/mol. The number of hydrazine groups is 1. The fraction of sp³-hybridized carbons (Fsp3) is 0.750. The molecule has 0 saturated carbocycles. The zero-order valence-electron chi connectivity index (χ0n) is 5.15. The van der Waals surface area contributed by atoms with Crippen LogP contribution in [-0.2, 0) is 0 Å². The van der Waals surface area contributed by atoms with Crippen molar-refractivity contribution in [1.29, 1.82) is 0 Å². The van der Waals surface area contributed by atoms with Crippen LogP contribution in [0, 0.1) is 0 Å². The number of nitrogens with two attached hydrogens (primary N) is 1. The van der Waals surface area contributed by atoms with Crippen molar-refractivity contribution in [3.05, 3.63) is 0 Å². The first-order chi connectivity index (χ1) is 4.20. The van der Waals surface area contributed by atoms with E-state index in [2.05, 4.69) is 10.7 Å². The predicted octanol–water partition coefficient (Wildman–Crippen LogP) is -0.0485. The molecular weight excluding hydrogens is 158 g/mol. The summed E-state index contributed by atoms with van der Waals surface area (Å²) in [5, 5.41) is 3.26. The Morgan fingerprint density at radius 3 is 2.78 bits per heavy atom. The molecule has 0 amide bonds. The largest absolute Gasteiger partial charge is 0.358 e. The van der Waals surface area contributed by atoms with Gasteiger partial charge in [0.25, 0.3) is 0 Å². The first kappa shape index (κ1) is 8.94. The number of hydrogen-bond donors (Lipinski definition) is 3. The molecule has 0 aliphatic rings. The van der Waals surface area contributed by atoms with Crippen molar-refractivity contribution < 1.29 is 0 Å². The van der Waals surface area contributed by atoms with Crippen LogP contribution in [0.1, 0.15) is 6.92 Å². The maximum Gasteiger partial charge on any atom is 0.180 e. The zero-order chi connectivity index (χ0) is 7.28. The van der Waals surface area contributed by atoms with Crippen molar-refractivity contribution in [3.8, 4) is 0 Å². The van der Waals surface area contributed by atoms with E-state index in [4.69, 9.17) is 29.7 Å². The average Bonchev–Trinajstić information content (AvgIpc) is 1.87. The van der Waals surface area contributed by atoms with Crippen molar-refractivity contribution in [2.24, 2.45) is 5.84 Å². The van der Waals surface area contributed by atoms with Crippen LogP contribution in [0.25, 0.3) is 0 Å². The summed E-state index contributed by atoms with van der Waals surface area (Å²) in [5.41, 5.74) is 2.29. The molecule has 54 valence electrons. The van der Waals surface area contributed by atoms with Crippen LogP contribution < -0.4 is 16.6 Å². The van der Waals surface area contributed by atoms with Gasteiger partial charge < -0.3 is 10.7 Å². The fourth-order valence-corrected chi connectivity index (χ4v) is 0.582. The Balaban J connectivity index is 3.34. The summed E-state index contributed by atoms with van der Waals surface area (Å²) in [6, 6.07) is 0.162. The van der Waals surface area contributed by atoms with Gasteiger partial charge in [0, 0.05) is 11.9 Å². The summed E-state index contributed by atoms with van der Waals surface area (Å²) in [5.74, 6) is 5.49. The third-order valence-electron chi connectivity index (χ3n) is 0.740. The summed E-state index contributed by atoms with van der Waals surface area (Å²) in [6.07, 6.45) is 0. The molecule has 0 aromatic carbocycles. The smallest absolute Gasteiger partial charge is 0.180 e. The molecule has 0 aromatic rings. The fourth-order valence-electron chi connectivity index (χ4n) is 0.304. The summed E-state index contributed by atoms with van der Waals surface area (Å²) in [7, 11) is 0. The second kappa shape index (κ2) is 4.78. The second-order valence-electron chi connectivity index (χ2n) is 1.67. The lowest BCUT2D eigenvalue weighted by Gasteiger charge is -2.10. The quantitative estimate of drug-likeness (QED) is 0.234. The van der Waals surface area contributed by atoms with E-state index in [-0.39, 0.29) is 6.04 Å². The monoisotopic (exact) mass is 167 g/mol. The van der Waals surface area contributed by atoms with Gasteiger partial charge in [0.15, 0.2) is 5.11 Å². The molecule has 0 aromatic heterocycles. The highest BCUT2D eigenvalue weighted by Gasteiger charge is 1.98. The van der Waals surface area contributed by atoms with E-state index in [9.17, 15) is 0 Å². The van der Waals surface area contributed by atoms with E-state index >= 15 is 0 Å². The summed E-state index contributed by atoms with van der Waals surface area (Å²) < 4.78 is 0. The van der Waals surface area contributed by atoms with Gasteiger partial charge in [0.05, 0.1) is 0 Å². The lowest BCUT2D eigenvalue weighted by molar-refractivity contribution is 0.725. The maximum absolute atomic E-state index is 5.46. The van der Waals surface area contributed by atoms with Gasteiger partial charge in [-0.3, -0.25) is 0 Å². The van der Waals surface area contributed by atoms with Gasteiger partial charge in [0.2, 0.25) is 0 Å². The molecule has 0 rings (SSSR count). The lowest BCUT2D eigenvalue weighted by atomic mass is 10.4. The Morgan fingerprint density at radius 1 is 1.89 bits per heavy atom. The molecule has 4 N–H and O–H groups in total. The molecule has 1 unspecified atom stereocenters. The molecular formula is C4H10ClN3S. The van der Waals surface area contributed by atoms with Crippen LogP contribution in [0.3, 0.4) is 0 Å². The summed E-state index contributed by atoms with van der Waals surface area (Å²) in [6.45, 7) is 1.91. The van der Waals surface area contributed by atoms with Gasteiger partial charge in [-0.15, -0.1) is 11.6 Å². The third-order valence-corrected chi connectivity index (χ3v) is 1.44. The predicted molar refractivity (Wildman–Crippen MR) is 43.2 cm³/mol. The SMILES string of the molecule is CC(CCl)NC(=S)NN. The Hall–Kier alpha value is -0.0600. The Labute approximate surface area is 64.9 Å². The lowest BCUT2D eigenvalue weighted by Crippen LogP contribution is -2.44. The number of rotatable bonds is 2. The zero-order valence-corrected chi connectivity index (χ0v) is 6.72. The van der Waals surface area contributed by atoms with Crippen molar-refractivity contribution >= 4 is 28.9 Å². The molecule has 0 spiro atoms. The highest BCUT2D eigenvalue weighted by atomic mass is 35.5.